The first-order valence-corrected chi connectivity index (χ1v) is 18.7. The van der Waals surface area contributed by atoms with E-state index in [4.69, 9.17) is 14.2 Å². The van der Waals surface area contributed by atoms with Crippen LogP contribution in [0.5, 0.6) is 11.5 Å². The predicted molar refractivity (Wildman–Crippen MR) is 194 cm³/mol. The molecule has 3 aromatic carbocycles. The van der Waals surface area contributed by atoms with E-state index in [0.29, 0.717) is 25.2 Å². The Bertz CT molecular complexity index is 1790. The van der Waals surface area contributed by atoms with Crippen molar-refractivity contribution in [2.24, 2.45) is 5.92 Å². The van der Waals surface area contributed by atoms with Gasteiger partial charge in [0.25, 0.3) is 5.91 Å². The topological polar surface area (TPSA) is 147 Å². The molecule has 3 N–H and O–H groups in total. The van der Waals surface area contributed by atoms with E-state index in [1.165, 1.54) is 41.6 Å². The third kappa shape index (κ3) is 11.1. The molecule has 0 aliphatic carbocycles. The van der Waals surface area contributed by atoms with E-state index in [9.17, 15) is 36.3 Å². The number of alkyl halides is 3. The summed E-state index contributed by atoms with van der Waals surface area (Å²) < 4.78 is 84.8. The minimum Gasteiger partial charge on any atom is -0.497 e. The second-order valence-corrected chi connectivity index (χ2v) is 15.2. The summed E-state index contributed by atoms with van der Waals surface area (Å²) in [5, 5.41) is 15.3. The lowest BCUT2D eigenvalue weighted by Gasteiger charge is -2.35. The summed E-state index contributed by atoms with van der Waals surface area (Å²) in [5.74, 6) is -0.150. The van der Waals surface area contributed by atoms with Crippen molar-refractivity contribution in [3.8, 4) is 11.5 Å². The molecule has 53 heavy (non-hydrogen) atoms. The number of aliphatic hydroxyl groups is 1. The Hall–Kier alpha value is -4.38. The summed E-state index contributed by atoms with van der Waals surface area (Å²) >= 11 is 0. The zero-order valence-corrected chi connectivity index (χ0v) is 31.2. The lowest BCUT2D eigenvalue weighted by atomic mass is 10.0. The van der Waals surface area contributed by atoms with Gasteiger partial charge in [0.1, 0.15) is 11.5 Å². The lowest BCUT2D eigenvalue weighted by Crippen LogP contribution is -2.48. The van der Waals surface area contributed by atoms with Crippen LogP contribution in [0.25, 0.3) is 0 Å². The third-order valence-electron chi connectivity index (χ3n) is 8.98. The quantitative estimate of drug-likeness (QED) is 0.225. The van der Waals surface area contributed by atoms with Gasteiger partial charge in [-0.3, -0.25) is 4.79 Å². The van der Waals surface area contributed by atoms with Crippen LogP contribution in [-0.4, -0.2) is 93.4 Å². The maximum absolute atomic E-state index is 14.4. The number of likely N-dealkylation sites (N-methyl/N-ethyl adjacent to an activating group) is 1. The fourth-order valence-corrected chi connectivity index (χ4v) is 6.96. The molecular formula is C37H47F3N4O8S. The summed E-state index contributed by atoms with van der Waals surface area (Å²) in [4.78, 5) is 28.8. The molecule has 1 heterocycles. The van der Waals surface area contributed by atoms with Crippen molar-refractivity contribution in [3.63, 3.8) is 0 Å². The molecule has 16 heteroatoms. The Morgan fingerprint density at radius 1 is 1.04 bits per heavy atom. The van der Waals surface area contributed by atoms with Gasteiger partial charge in [-0.25, -0.2) is 13.2 Å². The molecule has 12 nitrogen and oxygen atoms in total. The third-order valence-corrected chi connectivity index (χ3v) is 10.8. The van der Waals surface area contributed by atoms with Crippen LogP contribution in [-0.2, 0) is 20.9 Å². The largest absolute Gasteiger partial charge is 0.497 e. The van der Waals surface area contributed by atoms with E-state index in [-0.39, 0.29) is 53.4 Å². The van der Waals surface area contributed by atoms with Crippen molar-refractivity contribution >= 4 is 33.3 Å². The number of benzene rings is 3. The fourth-order valence-electron chi connectivity index (χ4n) is 5.78. The minimum atomic E-state index is -4.52. The fraction of sp³-hybridized carbons (Fsp3) is 0.459. The first-order chi connectivity index (χ1) is 25.0. The van der Waals surface area contributed by atoms with E-state index in [1.54, 1.807) is 31.2 Å². The number of aliphatic hydroxyl groups excluding tert-OH is 1. The maximum Gasteiger partial charge on any atom is 0.416 e. The van der Waals surface area contributed by atoms with Gasteiger partial charge >= 0.3 is 12.2 Å². The number of hydrogen-bond donors (Lipinski definition) is 3. The van der Waals surface area contributed by atoms with Gasteiger partial charge < -0.3 is 34.9 Å². The van der Waals surface area contributed by atoms with Crippen LogP contribution in [0.3, 0.4) is 0 Å². The summed E-state index contributed by atoms with van der Waals surface area (Å²) in [6, 6.07) is 13.1. The van der Waals surface area contributed by atoms with Crippen molar-refractivity contribution in [3.05, 3.63) is 77.9 Å². The number of carbonyl (C=O) groups is 2. The standard InChI is InChI=1S/C37H47F3N4O8S/c1-24-21-44(25(2)23-45)35(46)32-20-29(42-36(47)41-28-11-9-27(10-12-28)37(38,39)40)13-18-33(32)52-26(3)8-6-7-19-51-34(24)22-43(4)53(48,49)31-16-14-30(50-5)15-17-31/h9-18,20,24-26,34,45H,6-8,19,21-23H2,1-5H3,(H2,41,42,47)/t24-,25+,26-,34-/m1/s1. The summed E-state index contributed by atoms with van der Waals surface area (Å²) in [6.07, 6.45) is -3.45. The molecule has 3 aromatic rings. The van der Waals surface area contributed by atoms with Crippen LogP contribution in [0.2, 0.25) is 0 Å². The van der Waals surface area contributed by atoms with Gasteiger partial charge in [-0.05, 0) is 99.8 Å². The van der Waals surface area contributed by atoms with E-state index in [1.807, 2.05) is 13.8 Å². The zero-order chi connectivity index (χ0) is 38.9. The van der Waals surface area contributed by atoms with Crippen LogP contribution in [0.15, 0.2) is 71.6 Å². The average molecular weight is 765 g/mol. The van der Waals surface area contributed by atoms with Gasteiger partial charge in [0.2, 0.25) is 10.0 Å². The minimum absolute atomic E-state index is 0.0106. The number of methoxy groups -OCH3 is 1. The molecule has 3 amide bonds. The number of carbonyl (C=O) groups excluding carboxylic acids is 2. The van der Waals surface area contributed by atoms with Crippen LogP contribution < -0.4 is 20.1 Å². The number of ether oxygens (including phenoxy) is 3. The highest BCUT2D eigenvalue weighted by molar-refractivity contribution is 7.89. The van der Waals surface area contributed by atoms with Crippen LogP contribution >= 0.6 is 0 Å². The Kier molecular flexibility index (Phi) is 14.1. The molecule has 0 unspecified atom stereocenters. The number of urea groups is 1. The summed E-state index contributed by atoms with van der Waals surface area (Å²) in [7, 11) is -0.947. The SMILES string of the molecule is COc1ccc(S(=O)(=O)N(C)C[C@H]2OCCCC[C@@H](C)Oc3ccc(NC(=O)Nc4ccc(C(F)(F)F)cc4)cc3C(=O)N([C@@H](C)CO)C[C@H]2C)cc1. The molecule has 0 aromatic heterocycles. The van der Waals surface area contributed by atoms with E-state index < -0.39 is 51.8 Å². The predicted octanol–water partition coefficient (Wildman–Crippen LogP) is 6.47. The zero-order valence-electron chi connectivity index (χ0n) is 30.4. The number of sulfonamides is 1. The highest BCUT2D eigenvalue weighted by atomic mass is 32.2. The van der Waals surface area contributed by atoms with Crippen molar-refractivity contribution in [2.75, 3.05) is 51.1 Å². The number of fused-ring (bicyclic) bond motifs is 1. The van der Waals surface area contributed by atoms with Crippen LogP contribution in [0.1, 0.15) is 56.0 Å². The summed E-state index contributed by atoms with van der Waals surface area (Å²) in [5.41, 5.74) is -0.430. The number of nitrogens with one attached hydrogen (secondary N) is 2. The first kappa shape index (κ1) is 41.4. The number of amides is 3. The Labute approximate surface area is 308 Å². The van der Waals surface area contributed by atoms with Crippen molar-refractivity contribution in [2.45, 2.75) is 69.4 Å². The number of rotatable bonds is 9. The molecule has 0 fully saturated rings. The molecule has 1 aliphatic rings. The van der Waals surface area contributed by atoms with Gasteiger partial charge in [0.15, 0.2) is 0 Å². The number of nitrogens with zero attached hydrogens (tertiary/aromatic N) is 2. The number of halogens is 3. The van der Waals surface area contributed by atoms with E-state index in [2.05, 4.69) is 10.6 Å². The smallest absolute Gasteiger partial charge is 0.416 e. The van der Waals surface area contributed by atoms with Gasteiger partial charge in [0, 0.05) is 44.0 Å². The van der Waals surface area contributed by atoms with Crippen molar-refractivity contribution in [1.29, 1.82) is 0 Å². The van der Waals surface area contributed by atoms with Crippen molar-refractivity contribution < 1.29 is 50.5 Å². The molecule has 0 saturated heterocycles. The van der Waals surface area contributed by atoms with Crippen LogP contribution in [0.4, 0.5) is 29.3 Å². The van der Waals surface area contributed by atoms with Crippen molar-refractivity contribution in [1.82, 2.24) is 9.21 Å². The Morgan fingerprint density at radius 3 is 2.30 bits per heavy atom. The molecule has 4 atom stereocenters. The van der Waals surface area contributed by atoms with Gasteiger partial charge in [-0.15, -0.1) is 0 Å². The monoisotopic (exact) mass is 764 g/mol. The van der Waals surface area contributed by atoms with Gasteiger partial charge in [-0.2, -0.15) is 17.5 Å². The molecule has 0 bridgehead atoms. The van der Waals surface area contributed by atoms with Gasteiger partial charge in [0.05, 0.1) is 48.0 Å². The van der Waals surface area contributed by atoms with Gasteiger partial charge in [-0.1, -0.05) is 6.92 Å². The normalized spacial score (nSPS) is 19.8. The number of hydrogen-bond acceptors (Lipinski definition) is 8. The molecule has 4 rings (SSSR count). The lowest BCUT2D eigenvalue weighted by molar-refractivity contribution is -0.137. The molecule has 1 aliphatic heterocycles. The Morgan fingerprint density at radius 2 is 1.68 bits per heavy atom. The second-order valence-electron chi connectivity index (χ2n) is 13.1. The molecule has 0 saturated carbocycles. The first-order valence-electron chi connectivity index (χ1n) is 17.2. The molecule has 0 radical (unpaired) electrons. The van der Waals surface area contributed by atoms with E-state index in [0.717, 1.165) is 30.7 Å². The maximum atomic E-state index is 14.4. The highest BCUT2D eigenvalue weighted by Gasteiger charge is 2.33. The molecule has 0 spiro atoms. The number of anilines is 2. The van der Waals surface area contributed by atoms with Crippen LogP contribution in [0, 0.1) is 5.92 Å². The summed E-state index contributed by atoms with van der Waals surface area (Å²) in [6.45, 7) is 5.41. The molecular weight excluding hydrogens is 717 g/mol. The van der Waals surface area contributed by atoms with E-state index >= 15 is 0 Å². The molecule has 290 valence electrons. The second kappa shape index (κ2) is 18.1. The average Bonchev–Trinajstić information content (AvgIpc) is 3.12. The highest BCUT2D eigenvalue weighted by Crippen LogP contribution is 2.31. The Balaban J connectivity index is 1.60.